The Balaban J connectivity index is 2.34. The predicted molar refractivity (Wildman–Crippen MR) is 69.8 cm³/mol. The molecule has 0 unspecified atom stereocenters. The maximum atomic E-state index is 12.7. The van der Waals surface area contributed by atoms with Crippen molar-refractivity contribution in [3.05, 3.63) is 34.1 Å². The normalized spacial score (nSPS) is 11.8. The number of aryl methyl sites for hydroxylation is 1. The van der Waals surface area contributed by atoms with Crippen molar-refractivity contribution < 1.29 is 17.7 Å². The Morgan fingerprint density at radius 2 is 2.05 bits per heavy atom. The zero-order valence-electron chi connectivity index (χ0n) is 10.2. The highest BCUT2D eigenvalue weighted by Gasteiger charge is 2.31. The summed E-state index contributed by atoms with van der Waals surface area (Å²) in [7, 11) is 0. The molecular formula is C12H11BrF3N3O. The van der Waals surface area contributed by atoms with Crippen LogP contribution in [0.15, 0.2) is 27.2 Å². The molecule has 0 bridgehead atoms. The number of aromatic nitrogens is 2. The lowest BCUT2D eigenvalue weighted by Gasteiger charge is -2.08. The Hall–Kier alpha value is -1.41. The zero-order valence-corrected chi connectivity index (χ0v) is 11.8. The molecule has 0 amide bonds. The van der Waals surface area contributed by atoms with E-state index in [1.165, 1.54) is 6.07 Å². The fourth-order valence-corrected chi connectivity index (χ4v) is 2.01. The molecule has 0 atom stereocenters. The van der Waals surface area contributed by atoms with Gasteiger partial charge in [-0.25, -0.2) is 0 Å². The van der Waals surface area contributed by atoms with Crippen molar-refractivity contribution in [2.75, 3.05) is 6.54 Å². The molecule has 0 saturated heterocycles. The molecule has 2 rings (SSSR count). The summed E-state index contributed by atoms with van der Waals surface area (Å²) in [5, 5.41) is 3.72. The van der Waals surface area contributed by atoms with Gasteiger partial charge in [-0.2, -0.15) is 18.2 Å². The number of halogens is 4. The highest BCUT2D eigenvalue weighted by Crippen LogP contribution is 2.35. The monoisotopic (exact) mass is 349 g/mol. The van der Waals surface area contributed by atoms with Crippen LogP contribution in [0.5, 0.6) is 0 Å². The van der Waals surface area contributed by atoms with Gasteiger partial charge >= 0.3 is 6.18 Å². The van der Waals surface area contributed by atoms with Crippen LogP contribution >= 0.6 is 15.9 Å². The first-order valence-corrected chi connectivity index (χ1v) is 6.61. The van der Waals surface area contributed by atoms with Gasteiger partial charge < -0.3 is 10.3 Å². The number of hydrogen-bond donors (Lipinski definition) is 1. The van der Waals surface area contributed by atoms with Gasteiger partial charge in [0, 0.05) is 10.9 Å². The van der Waals surface area contributed by atoms with Crippen molar-refractivity contribution in [1.29, 1.82) is 0 Å². The van der Waals surface area contributed by atoms with Gasteiger partial charge in [-0.15, -0.1) is 0 Å². The standard InChI is InChI=1S/C12H11BrF3N3O/c13-9-4-3-7(12(14,15)16)6-8(9)11-18-10(19-20-11)2-1-5-17/h3-4,6H,1-2,5,17H2. The summed E-state index contributed by atoms with van der Waals surface area (Å²) < 4.78 is 43.5. The second kappa shape index (κ2) is 5.92. The molecule has 1 aromatic heterocycles. The lowest BCUT2D eigenvalue weighted by atomic mass is 10.1. The number of rotatable bonds is 4. The third kappa shape index (κ3) is 3.37. The van der Waals surface area contributed by atoms with Gasteiger partial charge in [0.25, 0.3) is 5.89 Å². The number of benzene rings is 1. The average Bonchev–Trinajstić information content (AvgIpc) is 2.84. The molecule has 0 aliphatic carbocycles. The third-order valence-electron chi connectivity index (χ3n) is 2.60. The smallest absolute Gasteiger partial charge is 0.334 e. The van der Waals surface area contributed by atoms with E-state index in [-0.39, 0.29) is 11.5 Å². The minimum absolute atomic E-state index is 0.0509. The molecule has 0 spiro atoms. The van der Waals surface area contributed by atoms with Crippen LogP contribution in [0.2, 0.25) is 0 Å². The summed E-state index contributed by atoms with van der Waals surface area (Å²) in [4.78, 5) is 4.07. The number of nitrogens with two attached hydrogens (primary N) is 1. The fourth-order valence-electron chi connectivity index (χ4n) is 1.59. The molecule has 0 saturated carbocycles. The van der Waals surface area contributed by atoms with E-state index in [4.69, 9.17) is 10.3 Å². The molecule has 0 aliphatic heterocycles. The van der Waals surface area contributed by atoms with Crippen LogP contribution in [-0.2, 0) is 12.6 Å². The van der Waals surface area contributed by atoms with Crippen molar-refractivity contribution >= 4 is 15.9 Å². The van der Waals surface area contributed by atoms with Gasteiger partial charge in [0.1, 0.15) is 0 Å². The first-order chi connectivity index (χ1) is 9.41. The summed E-state index contributed by atoms with van der Waals surface area (Å²) in [5.74, 6) is 0.477. The highest BCUT2D eigenvalue weighted by molar-refractivity contribution is 9.10. The van der Waals surface area contributed by atoms with Crippen LogP contribution in [0.1, 0.15) is 17.8 Å². The lowest BCUT2D eigenvalue weighted by Crippen LogP contribution is -2.04. The predicted octanol–water partition coefficient (Wildman–Crippen LogP) is 3.41. The summed E-state index contributed by atoms with van der Waals surface area (Å²) >= 11 is 3.18. The second-order valence-corrected chi connectivity index (χ2v) is 4.95. The van der Waals surface area contributed by atoms with E-state index in [1.54, 1.807) is 0 Å². The zero-order chi connectivity index (χ0) is 14.8. The van der Waals surface area contributed by atoms with E-state index >= 15 is 0 Å². The van der Waals surface area contributed by atoms with Gasteiger partial charge in [0.15, 0.2) is 5.82 Å². The Bertz CT molecular complexity index is 598. The van der Waals surface area contributed by atoms with E-state index < -0.39 is 11.7 Å². The number of alkyl halides is 3. The van der Waals surface area contributed by atoms with E-state index in [0.29, 0.717) is 29.7 Å². The Kier molecular flexibility index (Phi) is 4.44. The van der Waals surface area contributed by atoms with Crippen LogP contribution in [-0.4, -0.2) is 16.7 Å². The number of nitrogens with zero attached hydrogens (tertiary/aromatic N) is 2. The first kappa shape index (κ1) is 15.0. The molecule has 8 heteroatoms. The van der Waals surface area contributed by atoms with Crippen LogP contribution in [0.25, 0.3) is 11.5 Å². The molecule has 108 valence electrons. The van der Waals surface area contributed by atoms with Crippen LogP contribution < -0.4 is 5.73 Å². The molecule has 4 nitrogen and oxygen atoms in total. The molecule has 2 N–H and O–H groups in total. The minimum Gasteiger partial charge on any atom is -0.334 e. The molecule has 20 heavy (non-hydrogen) atoms. The van der Waals surface area contributed by atoms with Crippen molar-refractivity contribution in [3.8, 4) is 11.5 Å². The minimum atomic E-state index is -4.42. The summed E-state index contributed by atoms with van der Waals surface area (Å²) in [6.45, 7) is 0.483. The van der Waals surface area contributed by atoms with Crippen molar-refractivity contribution in [1.82, 2.24) is 10.1 Å². The van der Waals surface area contributed by atoms with Crippen molar-refractivity contribution in [2.45, 2.75) is 19.0 Å². The maximum absolute atomic E-state index is 12.7. The van der Waals surface area contributed by atoms with E-state index in [2.05, 4.69) is 26.1 Å². The van der Waals surface area contributed by atoms with Gasteiger partial charge in [-0.05, 0) is 47.1 Å². The second-order valence-electron chi connectivity index (χ2n) is 4.10. The summed E-state index contributed by atoms with van der Waals surface area (Å²) in [5.41, 5.74) is 4.82. The molecule has 1 aromatic carbocycles. The topological polar surface area (TPSA) is 64.9 Å². The third-order valence-corrected chi connectivity index (χ3v) is 3.29. The Morgan fingerprint density at radius 3 is 2.70 bits per heavy atom. The largest absolute Gasteiger partial charge is 0.416 e. The van der Waals surface area contributed by atoms with Crippen LogP contribution in [0, 0.1) is 0 Å². The average molecular weight is 350 g/mol. The molecular weight excluding hydrogens is 339 g/mol. The molecule has 0 aliphatic rings. The summed E-state index contributed by atoms with van der Waals surface area (Å²) in [6, 6.07) is 3.27. The van der Waals surface area contributed by atoms with Gasteiger partial charge in [0.05, 0.1) is 11.1 Å². The van der Waals surface area contributed by atoms with Crippen LogP contribution in [0.4, 0.5) is 13.2 Å². The fraction of sp³-hybridized carbons (Fsp3) is 0.333. The lowest BCUT2D eigenvalue weighted by molar-refractivity contribution is -0.137. The molecule has 0 radical (unpaired) electrons. The SMILES string of the molecule is NCCCc1noc(-c2cc(C(F)(F)F)ccc2Br)n1. The van der Waals surface area contributed by atoms with Gasteiger partial charge in [0.2, 0.25) is 0 Å². The van der Waals surface area contributed by atoms with Crippen molar-refractivity contribution in [2.24, 2.45) is 5.73 Å². The first-order valence-electron chi connectivity index (χ1n) is 5.81. The van der Waals surface area contributed by atoms with E-state index in [9.17, 15) is 13.2 Å². The summed E-state index contributed by atoms with van der Waals surface area (Å²) in [6.07, 6.45) is -3.21. The van der Waals surface area contributed by atoms with Crippen LogP contribution in [0.3, 0.4) is 0 Å². The van der Waals surface area contributed by atoms with Crippen molar-refractivity contribution in [3.63, 3.8) is 0 Å². The Morgan fingerprint density at radius 1 is 1.30 bits per heavy atom. The number of hydrogen-bond acceptors (Lipinski definition) is 4. The quantitative estimate of drug-likeness (QED) is 0.918. The van der Waals surface area contributed by atoms with Gasteiger partial charge in [-0.3, -0.25) is 0 Å². The Labute approximate surface area is 121 Å². The molecule has 0 fully saturated rings. The highest BCUT2D eigenvalue weighted by atomic mass is 79.9. The van der Waals surface area contributed by atoms with E-state index in [0.717, 1.165) is 12.1 Å². The van der Waals surface area contributed by atoms with Gasteiger partial charge in [-0.1, -0.05) is 5.16 Å². The molecule has 1 heterocycles. The maximum Gasteiger partial charge on any atom is 0.416 e. The molecule has 2 aromatic rings. The van der Waals surface area contributed by atoms with E-state index in [1.807, 2.05) is 0 Å².